The molecular weight excluding hydrogens is 240 g/mol. The molecular formula is C12H13ClN2S. The van der Waals surface area contributed by atoms with Crippen LogP contribution in [0.15, 0.2) is 35.2 Å². The third kappa shape index (κ3) is 3.30. The van der Waals surface area contributed by atoms with Crippen LogP contribution < -0.4 is 5.73 Å². The number of hydrogen-bond donors (Lipinski definition) is 1. The van der Waals surface area contributed by atoms with E-state index in [0.29, 0.717) is 0 Å². The predicted molar refractivity (Wildman–Crippen MR) is 68.9 cm³/mol. The Balaban J connectivity index is 1.94. The van der Waals surface area contributed by atoms with E-state index < -0.39 is 0 Å². The highest BCUT2D eigenvalue weighted by molar-refractivity contribution is 7.07. The van der Waals surface area contributed by atoms with E-state index in [1.165, 1.54) is 5.56 Å². The van der Waals surface area contributed by atoms with E-state index in [2.05, 4.69) is 4.98 Å². The molecule has 0 radical (unpaired) electrons. The van der Waals surface area contributed by atoms with E-state index in [4.69, 9.17) is 17.3 Å². The first-order chi connectivity index (χ1) is 7.74. The average molecular weight is 253 g/mol. The second kappa shape index (κ2) is 5.43. The third-order valence-corrected chi connectivity index (χ3v) is 3.21. The summed E-state index contributed by atoms with van der Waals surface area (Å²) in [6.07, 6.45) is 1.65. The van der Waals surface area contributed by atoms with E-state index in [9.17, 15) is 0 Å². The van der Waals surface area contributed by atoms with Crippen LogP contribution in [0.1, 0.15) is 11.3 Å². The lowest BCUT2D eigenvalue weighted by Gasteiger charge is -2.10. The van der Waals surface area contributed by atoms with Crippen LogP contribution in [0.2, 0.25) is 5.02 Å². The van der Waals surface area contributed by atoms with Crippen molar-refractivity contribution in [3.8, 4) is 0 Å². The molecule has 1 heterocycles. The second-order valence-corrected chi connectivity index (χ2v) is 4.93. The molecule has 2 rings (SSSR count). The largest absolute Gasteiger partial charge is 0.327 e. The van der Waals surface area contributed by atoms with Crippen LogP contribution in [0.4, 0.5) is 0 Å². The molecule has 1 unspecified atom stereocenters. The highest BCUT2D eigenvalue weighted by Crippen LogP contribution is 2.13. The van der Waals surface area contributed by atoms with Gasteiger partial charge in [-0.3, -0.25) is 0 Å². The Bertz CT molecular complexity index is 442. The number of rotatable bonds is 4. The summed E-state index contributed by atoms with van der Waals surface area (Å²) in [6.45, 7) is 0. The van der Waals surface area contributed by atoms with Gasteiger partial charge in [0.05, 0.1) is 11.2 Å². The first-order valence-electron chi connectivity index (χ1n) is 5.11. The molecule has 1 atom stereocenters. The Morgan fingerprint density at radius 2 is 2.25 bits per heavy atom. The number of nitrogens with zero attached hydrogens (tertiary/aromatic N) is 1. The van der Waals surface area contributed by atoms with Gasteiger partial charge in [-0.2, -0.15) is 0 Å². The summed E-state index contributed by atoms with van der Waals surface area (Å²) in [4.78, 5) is 4.23. The summed E-state index contributed by atoms with van der Waals surface area (Å²) in [5.74, 6) is 0. The summed E-state index contributed by atoms with van der Waals surface area (Å²) in [5, 5.41) is 2.80. The molecule has 0 saturated heterocycles. The van der Waals surface area contributed by atoms with Crippen LogP contribution in [-0.4, -0.2) is 11.0 Å². The van der Waals surface area contributed by atoms with Crippen LogP contribution in [0.3, 0.4) is 0 Å². The first-order valence-corrected chi connectivity index (χ1v) is 6.43. The van der Waals surface area contributed by atoms with Crippen LogP contribution >= 0.6 is 22.9 Å². The van der Waals surface area contributed by atoms with Crippen molar-refractivity contribution in [3.63, 3.8) is 0 Å². The minimum atomic E-state index is 0.0977. The van der Waals surface area contributed by atoms with Crippen molar-refractivity contribution in [1.29, 1.82) is 0 Å². The molecule has 0 saturated carbocycles. The molecule has 0 bridgehead atoms. The molecule has 0 spiro atoms. The van der Waals surface area contributed by atoms with Crippen LogP contribution in [-0.2, 0) is 12.8 Å². The topological polar surface area (TPSA) is 38.9 Å². The molecule has 0 aliphatic heterocycles. The van der Waals surface area contributed by atoms with E-state index in [0.717, 1.165) is 23.6 Å². The lowest BCUT2D eigenvalue weighted by Crippen LogP contribution is -2.25. The van der Waals surface area contributed by atoms with Gasteiger partial charge in [0.2, 0.25) is 0 Å². The van der Waals surface area contributed by atoms with Crippen molar-refractivity contribution in [2.45, 2.75) is 18.9 Å². The summed E-state index contributed by atoms with van der Waals surface area (Å²) in [5.41, 5.74) is 10.1. The first kappa shape index (κ1) is 11.6. The van der Waals surface area contributed by atoms with Crippen molar-refractivity contribution in [1.82, 2.24) is 4.98 Å². The molecule has 0 amide bonds. The zero-order valence-electron chi connectivity index (χ0n) is 8.77. The number of benzene rings is 1. The Morgan fingerprint density at radius 3 is 2.94 bits per heavy atom. The molecule has 4 heteroatoms. The predicted octanol–water partition coefficient (Wildman–Crippen LogP) is 2.91. The lowest BCUT2D eigenvalue weighted by atomic mass is 10.0. The van der Waals surface area contributed by atoms with Gasteiger partial charge in [-0.25, -0.2) is 4.98 Å². The maximum atomic E-state index is 6.07. The standard InChI is InChI=1S/C12H13ClN2S/c13-10-3-1-2-9(4-10)5-11(14)6-12-7-16-8-15-12/h1-4,7-8,11H,5-6,14H2. The molecule has 2 aromatic rings. The highest BCUT2D eigenvalue weighted by atomic mass is 35.5. The van der Waals surface area contributed by atoms with Crippen molar-refractivity contribution in [2.75, 3.05) is 0 Å². The zero-order chi connectivity index (χ0) is 11.4. The van der Waals surface area contributed by atoms with Gasteiger partial charge in [-0.15, -0.1) is 11.3 Å². The minimum absolute atomic E-state index is 0.0977. The fourth-order valence-electron chi connectivity index (χ4n) is 1.65. The van der Waals surface area contributed by atoms with Crippen molar-refractivity contribution >= 4 is 22.9 Å². The Hall–Kier alpha value is -0.900. The molecule has 1 aromatic carbocycles. The number of thiazole rings is 1. The van der Waals surface area contributed by atoms with E-state index >= 15 is 0 Å². The highest BCUT2D eigenvalue weighted by Gasteiger charge is 2.07. The van der Waals surface area contributed by atoms with Crippen molar-refractivity contribution < 1.29 is 0 Å². The zero-order valence-corrected chi connectivity index (χ0v) is 10.3. The van der Waals surface area contributed by atoms with Gasteiger partial charge in [-0.1, -0.05) is 23.7 Å². The quantitative estimate of drug-likeness (QED) is 0.909. The summed E-state index contributed by atoms with van der Waals surface area (Å²) < 4.78 is 0. The minimum Gasteiger partial charge on any atom is -0.327 e. The Morgan fingerprint density at radius 1 is 1.38 bits per heavy atom. The van der Waals surface area contributed by atoms with E-state index in [1.807, 2.05) is 35.2 Å². The van der Waals surface area contributed by atoms with Crippen molar-refractivity contribution in [2.24, 2.45) is 5.73 Å². The Labute approximate surface area is 104 Å². The maximum Gasteiger partial charge on any atom is 0.0794 e. The van der Waals surface area contributed by atoms with E-state index in [-0.39, 0.29) is 6.04 Å². The summed E-state index contributed by atoms with van der Waals surface area (Å²) >= 11 is 7.52. The van der Waals surface area contributed by atoms with Gasteiger partial charge in [-0.05, 0) is 24.1 Å². The fraction of sp³-hybridized carbons (Fsp3) is 0.250. The van der Waals surface area contributed by atoms with Gasteiger partial charge >= 0.3 is 0 Å². The molecule has 1 aromatic heterocycles. The van der Waals surface area contributed by atoms with Crippen LogP contribution in [0.5, 0.6) is 0 Å². The summed E-state index contributed by atoms with van der Waals surface area (Å²) in [7, 11) is 0. The molecule has 2 N–H and O–H groups in total. The third-order valence-electron chi connectivity index (χ3n) is 2.34. The maximum absolute atomic E-state index is 6.07. The van der Waals surface area contributed by atoms with Gasteiger partial charge in [0.1, 0.15) is 0 Å². The fourth-order valence-corrected chi connectivity index (χ4v) is 2.43. The molecule has 0 aliphatic rings. The van der Waals surface area contributed by atoms with Crippen LogP contribution in [0, 0.1) is 0 Å². The number of aromatic nitrogens is 1. The molecule has 84 valence electrons. The monoisotopic (exact) mass is 252 g/mol. The number of hydrogen-bond acceptors (Lipinski definition) is 3. The molecule has 16 heavy (non-hydrogen) atoms. The SMILES string of the molecule is NC(Cc1cccc(Cl)c1)Cc1cscn1. The van der Waals surface area contributed by atoms with Gasteiger partial charge in [0, 0.05) is 22.9 Å². The van der Waals surface area contributed by atoms with Gasteiger partial charge in [0.25, 0.3) is 0 Å². The molecule has 0 fully saturated rings. The van der Waals surface area contributed by atoms with Gasteiger partial charge < -0.3 is 5.73 Å². The van der Waals surface area contributed by atoms with Gasteiger partial charge in [0.15, 0.2) is 0 Å². The number of halogens is 1. The van der Waals surface area contributed by atoms with E-state index in [1.54, 1.807) is 11.3 Å². The average Bonchev–Trinajstić information content (AvgIpc) is 2.70. The van der Waals surface area contributed by atoms with Crippen molar-refractivity contribution in [3.05, 3.63) is 51.4 Å². The molecule has 0 aliphatic carbocycles. The normalized spacial score (nSPS) is 12.6. The smallest absolute Gasteiger partial charge is 0.0794 e. The Kier molecular flexibility index (Phi) is 3.93. The number of nitrogens with two attached hydrogens (primary N) is 1. The second-order valence-electron chi connectivity index (χ2n) is 3.78. The lowest BCUT2D eigenvalue weighted by molar-refractivity contribution is 0.656. The summed E-state index contributed by atoms with van der Waals surface area (Å²) in [6, 6.07) is 7.93. The van der Waals surface area contributed by atoms with Crippen LogP contribution in [0.25, 0.3) is 0 Å². The molecule has 2 nitrogen and oxygen atoms in total.